The summed E-state index contributed by atoms with van der Waals surface area (Å²) in [6, 6.07) is 14.6. The van der Waals surface area contributed by atoms with E-state index in [4.69, 9.17) is 4.99 Å². The summed E-state index contributed by atoms with van der Waals surface area (Å²) in [5.74, 6) is 0.450. The fourth-order valence-electron chi connectivity index (χ4n) is 3.76. The van der Waals surface area contributed by atoms with Gasteiger partial charge in [-0.2, -0.15) is 0 Å². The quantitative estimate of drug-likeness (QED) is 0.622. The first kappa shape index (κ1) is 13.5. The second-order valence-electron chi connectivity index (χ2n) is 6.28. The first-order chi connectivity index (χ1) is 11.6. The van der Waals surface area contributed by atoms with Gasteiger partial charge in [0.15, 0.2) is 0 Å². The van der Waals surface area contributed by atoms with Crippen molar-refractivity contribution in [3.63, 3.8) is 0 Å². The monoisotopic (exact) mass is 319 g/mol. The highest BCUT2D eigenvalue weighted by Gasteiger charge is 2.39. The lowest BCUT2D eigenvalue weighted by atomic mass is 10.0. The summed E-state index contributed by atoms with van der Waals surface area (Å²) in [5.41, 5.74) is 3.69. The Morgan fingerprint density at radius 1 is 1.17 bits per heavy atom. The lowest BCUT2D eigenvalue weighted by Crippen LogP contribution is -2.25. The molecule has 1 fully saturated rings. The van der Waals surface area contributed by atoms with E-state index in [-0.39, 0.29) is 17.6 Å². The summed E-state index contributed by atoms with van der Waals surface area (Å²) >= 11 is 0. The van der Waals surface area contributed by atoms with E-state index in [1.165, 1.54) is 12.1 Å². The summed E-state index contributed by atoms with van der Waals surface area (Å²) in [5, 5.41) is 0.836. The van der Waals surface area contributed by atoms with Crippen LogP contribution in [0.2, 0.25) is 0 Å². The molecule has 1 amide bonds. The van der Waals surface area contributed by atoms with Crippen LogP contribution < -0.4 is 0 Å². The van der Waals surface area contributed by atoms with Gasteiger partial charge in [0.1, 0.15) is 11.7 Å². The summed E-state index contributed by atoms with van der Waals surface area (Å²) < 4.78 is 15.8. The molecule has 0 spiro atoms. The minimum atomic E-state index is -0.259. The number of rotatable bonds is 0. The highest BCUT2D eigenvalue weighted by atomic mass is 19.1. The van der Waals surface area contributed by atoms with Gasteiger partial charge in [-0.3, -0.25) is 4.79 Å². The largest absolute Gasteiger partial charge is 0.311 e. The molecule has 3 aromatic rings. The molecule has 0 saturated carbocycles. The molecule has 0 radical (unpaired) electrons. The van der Waals surface area contributed by atoms with E-state index < -0.39 is 0 Å². The maximum atomic E-state index is 13.7. The minimum absolute atomic E-state index is 0.0566. The normalized spacial score (nSPS) is 18.9. The van der Waals surface area contributed by atoms with E-state index in [1.54, 1.807) is 18.0 Å². The number of likely N-dealkylation sites (N-methyl/N-ethyl adjacent to an activating group) is 1. The summed E-state index contributed by atoms with van der Waals surface area (Å²) in [4.78, 5) is 18.6. The fourth-order valence-corrected chi connectivity index (χ4v) is 3.76. The van der Waals surface area contributed by atoms with E-state index in [0.29, 0.717) is 6.42 Å². The van der Waals surface area contributed by atoms with E-state index >= 15 is 0 Å². The molecule has 2 aromatic carbocycles. The zero-order chi connectivity index (χ0) is 16.4. The number of halogens is 1. The smallest absolute Gasteiger partial charge is 0.228 e. The SMILES string of the molecule is CN1C(=O)CC2C1=Nc1ccccc1-n1c2cc2cc(F)ccc21. The summed E-state index contributed by atoms with van der Waals surface area (Å²) in [6.45, 7) is 0. The van der Waals surface area contributed by atoms with Crippen molar-refractivity contribution < 1.29 is 9.18 Å². The zero-order valence-corrected chi connectivity index (χ0v) is 13.0. The molecule has 0 bridgehead atoms. The van der Waals surface area contributed by atoms with Crippen molar-refractivity contribution >= 4 is 28.3 Å². The number of hydrogen-bond donors (Lipinski definition) is 0. The highest BCUT2D eigenvalue weighted by molar-refractivity contribution is 6.10. The molecule has 1 atom stereocenters. The van der Waals surface area contributed by atoms with Gasteiger partial charge in [0, 0.05) is 24.5 Å². The van der Waals surface area contributed by atoms with Crippen LogP contribution in [0.15, 0.2) is 53.5 Å². The molecule has 1 saturated heterocycles. The van der Waals surface area contributed by atoms with Crippen molar-refractivity contribution in [3.05, 3.63) is 60.0 Å². The number of benzene rings is 2. The van der Waals surface area contributed by atoms with Gasteiger partial charge in [0.05, 0.1) is 22.8 Å². The van der Waals surface area contributed by atoms with E-state index in [0.717, 1.165) is 33.8 Å². The molecule has 2 aliphatic rings. The van der Waals surface area contributed by atoms with Crippen LogP contribution in [0.3, 0.4) is 0 Å². The highest BCUT2D eigenvalue weighted by Crippen LogP contribution is 2.41. The third kappa shape index (κ3) is 1.67. The first-order valence-electron chi connectivity index (χ1n) is 7.89. The van der Waals surface area contributed by atoms with Crippen LogP contribution >= 0.6 is 0 Å². The maximum absolute atomic E-state index is 13.7. The number of amides is 1. The van der Waals surface area contributed by atoms with Crippen molar-refractivity contribution in [1.82, 2.24) is 9.47 Å². The fraction of sp³-hybridized carbons (Fsp3) is 0.158. The molecule has 24 heavy (non-hydrogen) atoms. The summed E-state index contributed by atoms with van der Waals surface area (Å²) in [6.07, 6.45) is 0.391. The topological polar surface area (TPSA) is 37.6 Å². The molecule has 1 aromatic heterocycles. The number of fused-ring (bicyclic) bond motifs is 7. The van der Waals surface area contributed by atoms with Gasteiger partial charge in [-0.1, -0.05) is 12.1 Å². The predicted molar refractivity (Wildman–Crippen MR) is 90.5 cm³/mol. The minimum Gasteiger partial charge on any atom is -0.311 e. The molecule has 0 aliphatic carbocycles. The van der Waals surface area contributed by atoms with Crippen molar-refractivity contribution in [3.8, 4) is 5.69 Å². The number of aromatic nitrogens is 1. The van der Waals surface area contributed by atoms with Gasteiger partial charge in [0.2, 0.25) is 5.91 Å². The third-order valence-corrected chi connectivity index (χ3v) is 4.91. The van der Waals surface area contributed by atoms with Crippen molar-refractivity contribution in [2.45, 2.75) is 12.3 Å². The van der Waals surface area contributed by atoms with E-state index in [1.807, 2.05) is 30.3 Å². The second kappa shape index (κ2) is 4.54. The molecular formula is C19H14FN3O. The van der Waals surface area contributed by atoms with Crippen molar-refractivity contribution in [2.24, 2.45) is 4.99 Å². The molecule has 1 unspecified atom stereocenters. The van der Waals surface area contributed by atoms with Gasteiger partial charge >= 0.3 is 0 Å². The van der Waals surface area contributed by atoms with Crippen LogP contribution in [0.5, 0.6) is 0 Å². The number of para-hydroxylation sites is 2. The average Bonchev–Trinajstić information content (AvgIpc) is 3.03. The Bertz CT molecular complexity index is 1050. The molecule has 0 N–H and O–H groups in total. The maximum Gasteiger partial charge on any atom is 0.228 e. The van der Waals surface area contributed by atoms with E-state index in [9.17, 15) is 9.18 Å². The van der Waals surface area contributed by atoms with Gasteiger partial charge in [-0.15, -0.1) is 0 Å². The lowest BCUT2D eigenvalue weighted by Gasteiger charge is -2.13. The number of carbonyl (C=O) groups is 1. The molecule has 4 nitrogen and oxygen atoms in total. The van der Waals surface area contributed by atoms with Crippen molar-refractivity contribution in [2.75, 3.05) is 7.05 Å². The Hall–Kier alpha value is -2.95. The van der Waals surface area contributed by atoms with Crippen LogP contribution in [0, 0.1) is 5.82 Å². The lowest BCUT2D eigenvalue weighted by molar-refractivity contribution is -0.124. The first-order valence-corrected chi connectivity index (χ1v) is 7.89. The molecule has 5 rings (SSSR count). The summed E-state index contributed by atoms with van der Waals surface area (Å²) in [7, 11) is 1.77. The van der Waals surface area contributed by atoms with Gasteiger partial charge < -0.3 is 9.47 Å². The number of hydrogen-bond acceptors (Lipinski definition) is 2. The van der Waals surface area contributed by atoms with E-state index in [2.05, 4.69) is 4.57 Å². The number of amidine groups is 1. The van der Waals surface area contributed by atoms with Crippen LogP contribution in [-0.2, 0) is 4.79 Å². The molecule has 3 heterocycles. The third-order valence-electron chi connectivity index (χ3n) is 4.91. The standard InChI is InChI=1S/C19H14FN3O/c1-22-18(24)10-13-17-9-11-8-12(20)6-7-15(11)23(17)16-5-3-2-4-14(16)21-19(13)22/h2-9,13H,10H2,1H3. The van der Waals surface area contributed by atoms with Crippen LogP contribution in [0.1, 0.15) is 18.0 Å². The Balaban J connectivity index is 1.91. The van der Waals surface area contributed by atoms with Crippen LogP contribution in [0.4, 0.5) is 10.1 Å². The zero-order valence-electron chi connectivity index (χ0n) is 13.0. The van der Waals surface area contributed by atoms with Gasteiger partial charge in [0.25, 0.3) is 0 Å². The number of aliphatic imine (C=N–C) groups is 1. The molecule has 5 heteroatoms. The molecule has 118 valence electrons. The van der Waals surface area contributed by atoms with Gasteiger partial charge in [-0.25, -0.2) is 9.38 Å². The Morgan fingerprint density at radius 2 is 2.00 bits per heavy atom. The number of carbonyl (C=O) groups excluding carboxylic acids is 1. The Kier molecular flexibility index (Phi) is 2.55. The molecule has 2 aliphatic heterocycles. The molecular weight excluding hydrogens is 305 g/mol. The van der Waals surface area contributed by atoms with Crippen molar-refractivity contribution in [1.29, 1.82) is 0 Å². The van der Waals surface area contributed by atoms with Crippen LogP contribution in [-0.4, -0.2) is 28.3 Å². The predicted octanol–water partition coefficient (Wildman–Crippen LogP) is 3.76. The average molecular weight is 319 g/mol. The Labute approximate surface area is 137 Å². The van der Waals surface area contributed by atoms with Gasteiger partial charge in [-0.05, 0) is 36.4 Å². The number of nitrogens with zero attached hydrogens (tertiary/aromatic N) is 3. The second-order valence-corrected chi connectivity index (χ2v) is 6.28. The Morgan fingerprint density at radius 3 is 2.88 bits per heavy atom. The number of likely N-dealkylation sites (tertiary alicyclic amines) is 1. The van der Waals surface area contributed by atoms with Crippen LogP contribution in [0.25, 0.3) is 16.6 Å².